The molecule has 2 aromatic rings. The predicted octanol–water partition coefficient (Wildman–Crippen LogP) is 0.603. The molecule has 0 aliphatic carbocycles. The normalized spacial score (nSPS) is 17.9. The van der Waals surface area contributed by atoms with Crippen molar-refractivity contribution >= 4 is 16.8 Å². The number of rotatable bonds is 3. The van der Waals surface area contributed by atoms with Gasteiger partial charge in [-0.05, 0) is 31.0 Å². The number of hydrogen-bond donors (Lipinski definition) is 3. The molecule has 1 aromatic carbocycles. The van der Waals surface area contributed by atoms with Crippen LogP contribution in [0.5, 0.6) is 5.75 Å². The second-order valence-corrected chi connectivity index (χ2v) is 5.77. The fourth-order valence-electron chi connectivity index (χ4n) is 2.78. The number of H-pyrrole nitrogens is 1. The fraction of sp³-hybridized carbons (Fsp3) is 0.375. The van der Waals surface area contributed by atoms with Crippen LogP contribution in [0.15, 0.2) is 23.0 Å². The second kappa shape index (κ2) is 5.46. The van der Waals surface area contributed by atoms with E-state index in [0.29, 0.717) is 6.54 Å². The number of benzene rings is 1. The predicted molar refractivity (Wildman–Crippen MR) is 84.1 cm³/mol. The second-order valence-electron chi connectivity index (χ2n) is 5.77. The summed E-state index contributed by atoms with van der Waals surface area (Å²) in [7, 11) is 0. The number of aromatic amines is 1. The summed E-state index contributed by atoms with van der Waals surface area (Å²) >= 11 is 0. The summed E-state index contributed by atoms with van der Waals surface area (Å²) in [4.78, 5) is 25.9. The number of aryl methyl sites for hydroxylation is 1. The summed E-state index contributed by atoms with van der Waals surface area (Å²) in [6.45, 7) is 4.02. The average molecular weight is 301 g/mol. The molecule has 1 aliphatic rings. The third-order valence-corrected chi connectivity index (χ3v) is 3.89. The lowest BCUT2D eigenvalue weighted by Gasteiger charge is -2.13. The third-order valence-electron chi connectivity index (χ3n) is 3.89. The monoisotopic (exact) mass is 301 g/mol. The van der Waals surface area contributed by atoms with Crippen LogP contribution in [0.4, 0.5) is 0 Å². The largest absolute Gasteiger partial charge is 0.487 e. The molecule has 3 rings (SSSR count). The maximum atomic E-state index is 11.5. The van der Waals surface area contributed by atoms with Gasteiger partial charge in [-0.1, -0.05) is 6.07 Å². The zero-order valence-electron chi connectivity index (χ0n) is 12.6. The highest BCUT2D eigenvalue weighted by atomic mass is 16.5. The Morgan fingerprint density at radius 1 is 1.55 bits per heavy atom. The Hall–Kier alpha value is -2.34. The molecule has 2 heterocycles. The summed E-state index contributed by atoms with van der Waals surface area (Å²) in [5, 5.41) is 3.68. The zero-order chi connectivity index (χ0) is 15.9. The number of nitrogens with two attached hydrogens (primary N) is 1. The number of amides is 1. The van der Waals surface area contributed by atoms with Gasteiger partial charge in [0.25, 0.3) is 0 Å². The quantitative estimate of drug-likeness (QED) is 0.773. The van der Waals surface area contributed by atoms with Crippen LogP contribution in [0.3, 0.4) is 0 Å². The van der Waals surface area contributed by atoms with E-state index in [-0.39, 0.29) is 17.6 Å². The van der Waals surface area contributed by atoms with Gasteiger partial charge in [-0.3, -0.25) is 9.59 Å². The number of pyridine rings is 1. The van der Waals surface area contributed by atoms with Gasteiger partial charge in [0.05, 0.1) is 18.1 Å². The molecule has 0 radical (unpaired) electrons. The van der Waals surface area contributed by atoms with Crippen LogP contribution in [0.2, 0.25) is 0 Å². The van der Waals surface area contributed by atoms with Gasteiger partial charge in [0.2, 0.25) is 11.5 Å². The van der Waals surface area contributed by atoms with E-state index in [2.05, 4.69) is 10.3 Å². The van der Waals surface area contributed by atoms with Crippen LogP contribution in [-0.4, -0.2) is 29.6 Å². The van der Waals surface area contributed by atoms with Crippen molar-refractivity contribution in [3.05, 3.63) is 39.7 Å². The van der Waals surface area contributed by atoms with Crippen molar-refractivity contribution in [3.63, 3.8) is 0 Å². The molecule has 22 heavy (non-hydrogen) atoms. The molecular formula is C16H19N3O3. The standard InChI is InChI=1S/C16H19N3O3/c1-8-5-10-6-11(7-18-16(21)9(2)17)22-15(10)12-3-4-13(20)19-14(8)12/h3-5,9,11H,6-7,17H2,1-2H3,(H,18,21)(H,19,20)/t9-,11?/m1/s1. The van der Waals surface area contributed by atoms with Crippen LogP contribution in [0, 0.1) is 6.92 Å². The molecule has 116 valence electrons. The molecule has 0 fully saturated rings. The molecule has 0 spiro atoms. The van der Waals surface area contributed by atoms with Crippen molar-refractivity contribution in [2.75, 3.05) is 6.54 Å². The van der Waals surface area contributed by atoms with Gasteiger partial charge in [-0.15, -0.1) is 0 Å². The Balaban J connectivity index is 1.86. The van der Waals surface area contributed by atoms with E-state index in [1.54, 1.807) is 13.0 Å². The fourth-order valence-corrected chi connectivity index (χ4v) is 2.78. The van der Waals surface area contributed by atoms with Gasteiger partial charge >= 0.3 is 0 Å². The molecule has 1 aliphatic heterocycles. The van der Waals surface area contributed by atoms with Crippen LogP contribution >= 0.6 is 0 Å². The van der Waals surface area contributed by atoms with E-state index in [0.717, 1.165) is 34.2 Å². The molecule has 4 N–H and O–H groups in total. The summed E-state index contributed by atoms with van der Waals surface area (Å²) in [6.07, 6.45) is 0.611. The Labute approximate surface area is 127 Å². The Morgan fingerprint density at radius 3 is 3.05 bits per heavy atom. The van der Waals surface area contributed by atoms with Gasteiger partial charge in [0.15, 0.2) is 0 Å². The lowest BCUT2D eigenvalue weighted by atomic mass is 10.0. The minimum absolute atomic E-state index is 0.116. The van der Waals surface area contributed by atoms with Gasteiger partial charge in [0.1, 0.15) is 11.9 Å². The number of carbonyl (C=O) groups excluding carboxylic acids is 1. The molecule has 1 aromatic heterocycles. The first-order valence-electron chi connectivity index (χ1n) is 7.31. The number of hydrogen-bond acceptors (Lipinski definition) is 4. The van der Waals surface area contributed by atoms with Crippen LogP contribution in [0.25, 0.3) is 10.9 Å². The van der Waals surface area contributed by atoms with E-state index < -0.39 is 6.04 Å². The van der Waals surface area contributed by atoms with Crippen LogP contribution < -0.4 is 21.3 Å². The summed E-state index contributed by atoms with van der Waals surface area (Å²) in [5.41, 5.74) is 8.30. The Bertz CT molecular complexity index is 795. The smallest absolute Gasteiger partial charge is 0.248 e. The molecule has 0 bridgehead atoms. The molecule has 6 heteroatoms. The maximum Gasteiger partial charge on any atom is 0.248 e. The van der Waals surface area contributed by atoms with Crippen molar-refractivity contribution in [1.29, 1.82) is 0 Å². The van der Waals surface area contributed by atoms with Crippen molar-refractivity contribution < 1.29 is 9.53 Å². The molecule has 1 unspecified atom stereocenters. The zero-order valence-corrected chi connectivity index (χ0v) is 12.6. The maximum absolute atomic E-state index is 11.5. The minimum atomic E-state index is -0.531. The van der Waals surface area contributed by atoms with E-state index in [1.807, 2.05) is 13.0 Å². The van der Waals surface area contributed by atoms with Gasteiger partial charge < -0.3 is 20.8 Å². The summed E-state index contributed by atoms with van der Waals surface area (Å²) in [6, 6.07) is 4.78. The van der Waals surface area contributed by atoms with E-state index >= 15 is 0 Å². The first kappa shape index (κ1) is 14.6. The Kier molecular flexibility index (Phi) is 3.62. The molecule has 1 amide bonds. The SMILES string of the molecule is Cc1cc2c(c3ccc(=O)[nH]c13)OC(CNC(=O)[C@@H](C)N)C2. The number of fused-ring (bicyclic) bond motifs is 3. The lowest BCUT2D eigenvalue weighted by Crippen LogP contribution is -2.42. The van der Waals surface area contributed by atoms with E-state index in [9.17, 15) is 9.59 Å². The highest BCUT2D eigenvalue weighted by Gasteiger charge is 2.26. The van der Waals surface area contributed by atoms with Crippen molar-refractivity contribution in [1.82, 2.24) is 10.3 Å². The molecule has 6 nitrogen and oxygen atoms in total. The lowest BCUT2D eigenvalue weighted by molar-refractivity contribution is -0.122. The van der Waals surface area contributed by atoms with Gasteiger partial charge in [-0.2, -0.15) is 0 Å². The molecule has 0 saturated carbocycles. The number of carbonyl (C=O) groups is 1. The van der Waals surface area contributed by atoms with Crippen LogP contribution in [0.1, 0.15) is 18.1 Å². The van der Waals surface area contributed by atoms with Crippen LogP contribution in [-0.2, 0) is 11.2 Å². The van der Waals surface area contributed by atoms with E-state index in [1.165, 1.54) is 6.07 Å². The molecule has 2 atom stereocenters. The third kappa shape index (κ3) is 2.57. The highest BCUT2D eigenvalue weighted by molar-refractivity contribution is 5.89. The number of ether oxygens (including phenoxy) is 1. The first-order chi connectivity index (χ1) is 10.5. The minimum Gasteiger partial charge on any atom is -0.487 e. The van der Waals surface area contributed by atoms with Crippen molar-refractivity contribution in [3.8, 4) is 5.75 Å². The topological polar surface area (TPSA) is 97.2 Å². The summed E-state index contributed by atoms with van der Waals surface area (Å²) < 4.78 is 5.97. The van der Waals surface area contributed by atoms with E-state index in [4.69, 9.17) is 10.5 Å². The highest BCUT2D eigenvalue weighted by Crippen LogP contribution is 2.36. The van der Waals surface area contributed by atoms with Crippen molar-refractivity contribution in [2.24, 2.45) is 5.73 Å². The number of nitrogens with one attached hydrogen (secondary N) is 2. The first-order valence-corrected chi connectivity index (χ1v) is 7.31. The summed E-state index contributed by atoms with van der Waals surface area (Å²) in [5.74, 6) is 0.599. The van der Waals surface area contributed by atoms with Gasteiger partial charge in [-0.25, -0.2) is 0 Å². The van der Waals surface area contributed by atoms with Gasteiger partial charge in [0, 0.05) is 17.9 Å². The van der Waals surface area contributed by atoms with Crippen molar-refractivity contribution in [2.45, 2.75) is 32.4 Å². The molecular weight excluding hydrogens is 282 g/mol. The molecule has 0 saturated heterocycles. The number of aromatic nitrogens is 1. The Morgan fingerprint density at radius 2 is 2.32 bits per heavy atom. The average Bonchev–Trinajstić information content (AvgIpc) is 2.87.